The summed E-state index contributed by atoms with van der Waals surface area (Å²) >= 11 is 6.00. The number of nitrogens with one attached hydrogen (secondary N) is 1. The molecule has 1 aliphatic carbocycles. The van der Waals surface area contributed by atoms with E-state index < -0.39 is 0 Å². The van der Waals surface area contributed by atoms with E-state index in [2.05, 4.69) is 15.3 Å². The Hall–Kier alpha value is -1.07. The maximum Gasteiger partial charge on any atom is 0.318 e. The fourth-order valence-electron chi connectivity index (χ4n) is 1.86. The number of nitrogens with zero attached hydrogens (tertiary/aromatic N) is 2. The average Bonchev–Trinajstić information content (AvgIpc) is 2.31. The Kier molecular flexibility index (Phi) is 3.14. The molecule has 17 heavy (non-hydrogen) atoms. The van der Waals surface area contributed by atoms with E-state index in [0.717, 1.165) is 0 Å². The Morgan fingerprint density at radius 1 is 1.59 bits per heavy atom. The summed E-state index contributed by atoms with van der Waals surface area (Å²) in [5.41, 5.74) is -0.179. The lowest BCUT2D eigenvalue weighted by atomic mass is 9.64. The molecule has 0 radical (unpaired) electrons. The summed E-state index contributed by atoms with van der Waals surface area (Å²) in [6.07, 6.45) is 1.90. The number of aromatic nitrogens is 2. The quantitative estimate of drug-likeness (QED) is 0.863. The molecule has 1 fully saturated rings. The first kappa shape index (κ1) is 12.4. The van der Waals surface area contributed by atoms with Gasteiger partial charge in [-0.15, -0.1) is 0 Å². The van der Waals surface area contributed by atoms with Crippen LogP contribution >= 0.6 is 11.6 Å². The Morgan fingerprint density at radius 2 is 2.29 bits per heavy atom. The highest BCUT2D eigenvalue weighted by molar-refractivity contribution is 6.32. The molecule has 2 rings (SSSR count). The van der Waals surface area contributed by atoms with Crippen molar-refractivity contribution >= 4 is 17.4 Å². The van der Waals surface area contributed by atoms with E-state index >= 15 is 0 Å². The molecular weight excluding hydrogens is 242 g/mol. The molecule has 0 amide bonds. The summed E-state index contributed by atoms with van der Waals surface area (Å²) < 4.78 is 4.95. The van der Waals surface area contributed by atoms with Crippen LogP contribution in [-0.4, -0.2) is 34.3 Å². The summed E-state index contributed by atoms with van der Waals surface area (Å²) in [7, 11) is 1.50. The Bertz CT molecular complexity index is 425. The van der Waals surface area contributed by atoms with Gasteiger partial charge in [0, 0.05) is 11.5 Å². The van der Waals surface area contributed by atoms with Gasteiger partial charge < -0.3 is 15.2 Å². The minimum absolute atomic E-state index is 0.148. The van der Waals surface area contributed by atoms with E-state index in [-0.39, 0.29) is 23.6 Å². The number of halogens is 1. The lowest BCUT2D eigenvalue weighted by Gasteiger charge is -2.49. The smallest absolute Gasteiger partial charge is 0.318 e. The molecular formula is C11H16ClN3O2. The van der Waals surface area contributed by atoms with Crippen molar-refractivity contribution in [3.8, 4) is 6.01 Å². The lowest BCUT2D eigenvalue weighted by Crippen LogP contribution is -2.57. The maximum atomic E-state index is 9.66. The Morgan fingerprint density at radius 3 is 2.82 bits per heavy atom. The second-order valence-electron chi connectivity index (χ2n) is 4.82. The predicted octanol–water partition coefficient (Wildman–Crippen LogP) is 1.71. The zero-order chi connectivity index (χ0) is 12.6. The van der Waals surface area contributed by atoms with Crippen LogP contribution < -0.4 is 10.1 Å². The first-order chi connectivity index (χ1) is 7.95. The number of aliphatic hydroxyl groups is 1. The van der Waals surface area contributed by atoms with Crippen LogP contribution in [0.2, 0.25) is 5.02 Å². The van der Waals surface area contributed by atoms with Crippen molar-refractivity contribution < 1.29 is 9.84 Å². The zero-order valence-corrected chi connectivity index (χ0v) is 10.8. The number of anilines is 1. The minimum Gasteiger partial charge on any atom is -0.467 e. The highest BCUT2D eigenvalue weighted by atomic mass is 35.5. The predicted molar refractivity (Wildman–Crippen MR) is 65.4 cm³/mol. The van der Waals surface area contributed by atoms with Crippen molar-refractivity contribution in [2.24, 2.45) is 5.41 Å². The summed E-state index contributed by atoms with van der Waals surface area (Å²) in [5, 5.41) is 13.3. The van der Waals surface area contributed by atoms with Crippen LogP contribution in [-0.2, 0) is 0 Å². The van der Waals surface area contributed by atoms with Gasteiger partial charge in [0.25, 0.3) is 0 Å². The van der Waals surface area contributed by atoms with Crippen molar-refractivity contribution in [1.82, 2.24) is 9.97 Å². The molecule has 2 unspecified atom stereocenters. The molecule has 1 aromatic heterocycles. The van der Waals surface area contributed by atoms with Crippen molar-refractivity contribution in [2.75, 3.05) is 12.4 Å². The SMILES string of the molecule is COc1ncc(Cl)c(NC2CC(O)C2(C)C)n1. The molecule has 0 spiro atoms. The fraction of sp³-hybridized carbons (Fsp3) is 0.636. The maximum absolute atomic E-state index is 9.66. The molecule has 0 saturated heterocycles. The molecule has 1 saturated carbocycles. The standard InChI is InChI=1S/C11H16ClN3O2/c1-11(2)7(4-8(11)16)14-9-6(12)5-13-10(15-9)17-3/h5,7-8,16H,4H2,1-3H3,(H,13,14,15). The van der Waals surface area contributed by atoms with Crippen molar-refractivity contribution in [3.63, 3.8) is 0 Å². The first-order valence-electron chi connectivity index (χ1n) is 5.46. The van der Waals surface area contributed by atoms with Crippen LogP contribution in [0.15, 0.2) is 6.20 Å². The summed E-state index contributed by atoms with van der Waals surface area (Å²) in [5.74, 6) is 0.545. The third-order valence-corrected chi connectivity index (χ3v) is 3.71. The molecule has 2 atom stereocenters. The number of hydrogen-bond acceptors (Lipinski definition) is 5. The summed E-state index contributed by atoms with van der Waals surface area (Å²) in [4.78, 5) is 8.05. The number of aliphatic hydroxyl groups excluding tert-OH is 1. The molecule has 0 bridgehead atoms. The van der Waals surface area contributed by atoms with E-state index in [0.29, 0.717) is 17.3 Å². The first-order valence-corrected chi connectivity index (χ1v) is 5.84. The number of methoxy groups -OCH3 is 1. The van der Waals surface area contributed by atoms with Gasteiger partial charge in [0.1, 0.15) is 5.02 Å². The van der Waals surface area contributed by atoms with Gasteiger partial charge in [0.15, 0.2) is 5.82 Å². The molecule has 5 nitrogen and oxygen atoms in total. The van der Waals surface area contributed by atoms with Crippen LogP contribution in [0.5, 0.6) is 6.01 Å². The molecule has 94 valence electrons. The molecule has 1 heterocycles. The zero-order valence-electron chi connectivity index (χ0n) is 10.1. The molecule has 0 aromatic carbocycles. The van der Waals surface area contributed by atoms with E-state index in [1.54, 1.807) is 0 Å². The lowest BCUT2D eigenvalue weighted by molar-refractivity contribution is -0.0511. The van der Waals surface area contributed by atoms with Gasteiger partial charge in [-0.1, -0.05) is 25.4 Å². The number of ether oxygens (including phenoxy) is 1. The second-order valence-corrected chi connectivity index (χ2v) is 5.23. The molecule has 1 aromatic rings. The topological polar surface area (TPSA) is 67.3 Å². The van der Waals surface area contributed by atoms with Gasteiger partial charge >= 0.3 is 6.01 Å². The monoisotopic (exact) mass is 257 g/mol. The Balaban J connectivity index is 2.14. The van der Waals surface area contributed by atoms with E-state index in [4.69, 9.17) is 16.3 Å². The average molecular weight is 258 g/mol. The number of rotatable bonds is 3. The van der Waals surface area contributed by atoms with Crippen LogP contribution in [0.1, 0.15) is 20.3 Å². The minimum atomic E-state index is -0.289. The van der Waals surface area contributed by atoms with Gasteiger partial charge in [0.2, 0.25) is 0 Å². The highest BCUT2D eigenvalue weighted by Crippen LogP contribution is 2.42. The molecule has 0 aliphatic heterocycles. The third-order valence-electron chi connectivity index (χ3n) is 3.43. The van der Waals surface area contributed by atoms with Gasteiger partial charge in [0.05, 0.1) is 19.4 Å². The Labute approximate surface area is 105 Å². The highest BCUT2D eigenvalue weighted by Gasteiger charge is 2.47. The molecule has 1 aliphatic rings. The van der Waals surface area contributed by atoms with E-state index in [1.165, 1.54) is 13.3 Å². The van der Waals surface area contributed by atoms with Crippen LogP contribution in [0.3, 0.4) is 0 Å². The summed E-state index contributed by atoms with van der Waals surface area (Å²) in [6, 6.07) is 0.421. The van der Waals surface area contributed by atoms with Gasteiger partial charge in [-0.25, -0.2) is 4.98 Å². The molecule has 2 N–H and O–H groups in total. The van der Waals surface area contributed by atoms with Crippen molar-refractivity contribution in [3.05, 3.63) is 11.2 Å². The van der Waals surface area contributed by atoms with Crippen LogP contribution in [0, 0.1) is 5.41 Å². The van der Waals surface area contributed by atoms with Crippen molar-refractivity contribution in [2.45, 2.75) is 32.4 Å². The number of hydrogen-bond donors (Lipinski definition) is 2. The van der Waals surface area contributed by atoms with Crippen LogP contribution in [0.25, 0.3) is 0 Å². The third kappa shape index (κ3) is 2.17. The van der Waals surface area contributed by atoms with Gasteiger partial charge in [-0.05, 0) is 6.42 Å². The van der Waals surface area contributed by atoms with E-state index in [1.807, 2.05) is 13.8 Å². The van der Waals surface area contributed by atoms with Crippen molar-refractivity contribution in [1.29, 1.82) is 0 Å². The second kappa shape index (κ2) is 4.31. The summed E-state index contributed by atoms with van der Waals surface area (Å²) in [6.45, 7) is 4.01. The molecule has 6 heteroatoms. The normalized spacial score (nSPS) is 26.2. The van der Waals surface area contributed by atoms with Gasteiger partial charge in [-0.3, -0.25) is 0 Å². The van der Waals surface area contributed by atoms with Crippen LogP contribution in [0.4, 0.5) is 5.82 Å². The largest absolute Gasteiger partial charge is 0.467 e. The van der Waals surface area contributed by atoms with E-state index in [9.17, 15) is 5.11 Å². The van der Waals surface area contributed by atoms with Gasteiger partial charge in [-0.2, -0.15) is 4.98 Å². The fourth-order valence-corrected chi connectivity index (χ4v) is 2.01.